The Balaban J connectivity index is 2.42. The lowest BCUT2D eigenvalue weighted by Crippen LogP contribution is -1.92. The predicted molar refractivity (Wildman–Crippen MR) is 64.9 cm³/mol. The standard InChI is InChI=1S/C12H10ClN3O/c1-2-17-11-4-3-8(5-9(11)13)12-10(6-14)15-7-16-12/h3-5,7H,2H2,1H3,(H,15,16). The van der Waals surface area contributed by atoms with Gasteiger partial charge in [0.25, 0.3) is 0 Å². The Labute approximate surface area is 104 Å². The number of nitrogens with zero attached hydrogens (tertiary/aromatic N) is 2. The number of nitrogens with one attached hydrogen (secondary N) is 1. The van der Waals surface area contributed by atoms with Gasteiger partial charge in [0, 0.05) is 5.56 Å². The van der Waals surface area contributed by atoms with Crippen molar-refractivity contribution in [1.29, 1.82) is 5.26 Å². The van der Waals surface area contributed by atoms with Crippen LogP contribution in [0.15, 0.2) is 24.5 Å². The number of imidazole rings is 1. The number of hydrogen-bond donors (Lipinski definition) is 1. The molecule has 0 aliphatic rings. The Hall–Kier alpha value is -1.99. The van der Waals surface area contributed by atoms with E-state index in [1.54, 1.807) is 12.1 Å². The Bertz CT molecular complexity index is 571. The summed E-state index contributed by atoms with van der Waals surface area (Å²) >= 11 is 6.08. The van der Waals surface area contributed by atoms with Crippen molar-refractivity contribution >= 4 is 11.6 Å². The number of rotatable bonds is 3. The molecule has 0 amide bonds. The van der Waals surface area contributed by atoms with Gasteiger partial charge in [0.2, 0.25) is 0 Å². The number of H-pyrrole nitrogens is 1. The molecule has 0 saturated heterocycles. The molecule has 1 N–H and O–H groups in total. The van der Waals surface area contributed by atoms with Gasteiger partial charge in [0.15, 0.2) is 5.69 Å². The minimum absolute atomic E-state index is 0.352. The molecule has 0 aliphatic heterocycles. The topological polar surface area (TPSA) is 61.7 Å². The summed E-state index contributed by atoms with van der Waals surface area (Å²) in [5, 5.41) is 9.40. The summed E-state index contributed by atoms with van der Waals surface area (Å²) in [5.74, 6) is 0.635. The molecule has 0 atom stereocenters. The average molecular weight is 248 g/mol. The van der Waals surface area contributed by atoms with Crippen LogP contribution in [0.4, 0.5) is 0 Å². The van der Waals surface area contributed by atoms with E-state index in [1.165, 1.54) is 6.33 Å². The molecule has 5 heteroatoms. The highest BCUT2D eigenvalue weighted by atomic mass is 35.5. The first-order valence-corrected chi connectivity index (χ1v) is 5.50. The highest BCUT2D eigenvalue weighted by molar-refractivity contribution is 6.32. The van der Waals surface area contributed by atoms with Crippen molar-refractivity contribution in [2.75, 3.05) is 6.61 Å². The van der Waals surface area contributed by atoms with Crippen LogP contribution < -0.4 is 4.74 Å². The maximum atomic E-state index is 8.89. The predicted octanol–water partition coefficient (Wildman–Crippen LogP) is 3.00. The van der Waals surface area contributed by atoms with Gasteiger partial charge in [0.05, 0.1) is 23.7 Å². The maximum absolute atomic E-state index is 8.89. The van der Waals surface area contributed by atoms with Gasteiger partial charge in [-0.15, -0.1) is 0 Å². The molecule has 2 aromatic rings. The molecule has 0 unspecified atom stereocenters. The van der Waals surface area contributed by atoms with Crippen LogP contribution in [0.2, 0.25) is 5.02 Å². The minimum Gasteiger partial charge on any atom is -0.492 e. The van der Waals surface area contributed by atoms with E-state index < -0.39 is 0 Å². The molecule has 0 aliphatic carbocycles. The third-order valence-corrected chi connectivity index (χ3v) is 2.56. The molecule has 86 valence electrons. The van der Waals surface area contributed by atoms with Crippen molar-refractivity contribution in [1.82, 2.24) is 9.97 Å². The van der Waals surface area contributed by atoms with E-state index in [9.17, 15) is 0 Å². The summed E-state index contributed by atoms with van der Waals surface area (Å²) in [6.45, 7) is 2.46. The van der Waals surface area contributed by atoms with Gasteiger partial charge in [-0.1, -0.05) is 11.6 Å². The molecule has 17 heavy (non-hydrogen) atoms. The Morgan fingerprint density at radius 3 is 3.00 bits per heavy atom. The third kappa shape index (κ3) is 2.24. The summed E-state index contributed by atoms with van der Waals surface area (Å²) in [5.41, 5.74) is 1.83. The fraction of sp³-hybridized carbons (Fsp3) is 0.167. The van der Waals surface area contributed by atoms with Crippen LogP contribution in [0.1, 0.15) is 12.6 Å². The molecule has 0 radical (unpaired) electrons. The van der Waals surface area contributed by atoms with Crippen molar-refractivity contribution in [2.24, 2.45) is 0 Å². The van der Waals surface area contributed by atoms with E-state index in [4.69, 9.17) is 21.6 Å². The van der Waals surface area contributed by atoms with Crippen LogP contribution in [-0.2, 0) is 0 Å². The van der Waals surface area contributed by atoms with Crippen LogP contribution >= 0.6 is 11.6 Å². The highest BCUT2D eigenvalue weighted by Crippen LogP contribution is 2.30. The number of aromatic nitrogens is 2. The number of ether oxygens (including phenoxy) is 1. The van der Waals surface area contributed by atoms with E-state index in [1.807, 2.05) is 19.1 Å². The van der Waals surface area contributed by atoms with Gasteiger partial charge in [-0.25, -0.2) is 4.98 Å². The molecule has 0 fully saturated rings. The second-order valence-corrected chi connectivity index (χ2v) is 3.72. The Morgan fingerprint density at radius 2 is 2.35 bits per heavy atom. The molecular formula is C12H10ClN3O. The molecular weight excluding hydrogens is 238 g/mol. The zero-order valence-electron chi connectivity index (χ0n) is 9.20. The molecule has 1 aromatic carbocycles. The van der Waals surface area contributed by atoms with Gasteiger partial charge >= 0.3 is 0 Å². The number of nitriles is 1. The summed E-state index contributed by atoms with van der Waals surface area (Å²) in [7, 11) is 0. The van der Waals surface area contributed by atoms with E-state index >= 15 is 0 Å². The van der Waals surface area contributed by atoms with E-state index in [-0.39, 0.29) is 0 Å². The van der Waals surface area contributed by atoms with Crippen LogP contribution in [0.25, 0.3) is 11.3 Å². The fourth-order valence-corrected chi connectivity index (χ4v) is 1.76. The zero-order valence-corrected chi connectivity index (χ0v) is 9.95. The smallest absolute Gasteiger partial charge is 0.166 e. The van der Waals surface area contributed by atoms with Gasteiger partial charge in [-0.3, -0.25) is 0 Å². The number of halogens is 1. The number of aromatic amines is 1. The van der Waals surface area contributed by atoms with Crippen molar-refractivity contribution < 1.29 is 4.74 Å². The van der Waals surface area contributed by atoms with Gasteiger partial charge in [0.1, 0.15) is 11.8 Å². The van der Waals surface area contributed by atoms with Crippen LogP contribution in [0.3, 0.4) is 0 Å². The van der Waals surface area contributed by atoms with Gasteiger partial charge < -0.3 is 9.72 Å². The highest BCUT2D eigenvalue weighted by Gasteiger charge is 2.10. The van der Waals surface area contributed by atoms with E-state index in [0.717, 1.165) is 5.56 Å². The van der Waals surface area contributed by atoms with E-state index in [2.05, 4.69) is 9.97 Å². The fourth-order valence-electron chi connectivity index (χ4n) is 1.53. The molecule has 0 spiro atoms. The van der Waals surface area contributed by atoms with Crippen LogP contribution in [-0.4, -0.2) is 16.6 Å². The second-order valence-electron chi connectivity index (χ2n) is 3.32. The maximum Gasteiger partial charge on any atom is 0.166 e. The molecule has 0 bridgehead atoms. The first kappa shape index (κ1) is 11.5. The first-order valence-electron chi connectivity index (χ1n) is 5.12. The molecule has 1 aromatic heterocycles. The minimum atomic E-state index is 0.352. The van der Waals surface area contributed by atoms with E-state index in [0.29, 0.717) is 28.8 Å². The SMILES string of the molecule is CCOc1ccc(-c2[nH]cnc2C#N)cc1Cl. The number of hydrogen-bond acceptors (Lipinski definition) is 3. The molecule has 1 heterocycles. The molecule has 2 rings (SSSR count). The lowest BCUT2D eigenvalue weighted by atomic mass is 10.1. The summed E-state index contributed by atoms with van der Waals surface area (Å²) < 4.78 is 5.34. The number of benzene rings is 1. The van der Waals surface area contributed by atoms with Gasteiger partial charge in [-0.2, -0.15) is 5.26 Å². The van der Waals surface area contributed by atoms with Crippen LogP contribution in [0.5, 0.6) is 5.75 Å². The second kappa shape index (κ2) is 4.89. The summed E-state index contributed by atoms with van der Waals surface area (Å²) in [6.07, 6.45) is 1.48. The van der Waals surface area contributed by atoms with Crippen LogP contribution in [0, 0.1) is 11.3 Å². The average Bonchev–Trinajstić information content (AvgIpc) is 2.80. The normalized spacial score (nSPS) is 9.94. The van der Waals surface area contributed by atoms with Gasteiger partial charge in [-0.05, 0) is 25.1 Å². The van der Waals surface area contributed by atoms with Crippen molar-refractivity contribution in [3.05, 3.63) is 35.2 Å². The summed E-state index contributed by atoms with van der Waals surface area (Å²) in [4.78, 5) is 6.83. The quantitative estimate of drug-likeness (QED) is 0.907. The van der Waals surface area contributed by atoms with Crippen molar-refractivity contribution in [2.45, 2.75) is 6.92 Å². The lowest BCUT2D eigenvalue weighted by molar-refractivity contribution is 0.340. The Kier molecular flexibility index (Phi) is 3.31. The monoisotopic (exact) mass is 247 g/mol. The lowest BCUT2D eigenvalue weighted by Gasteiger charge is -2.06. The third-order valence-electron chi connectivity index (χ3n) is 2.27. The Morgan fingerprint density at radius 1 is 1.53 bits per heavy atom. The largest absolute Gasteiger partial charge is 0.492 e. The van der Waals surface area contributed by atoms with Crippen molar-refractivity contribution in [3.63, 3.8) is 0 Å². The molecule has 4 nitrogen and oxygen atoms in total. The molecule has 0 saturated carbocycles. The van der Waals surface area contributed by atoms with Crippen molar-refractivity contribution in [3.8, 4) is 23.1 Å². The summed E-state index contributed by atoms with van der Waals surface area (Å²) in [6, 6.07) is 7.39. The first-order chi connectivity index (χ1) is 8.26. The zero-order chi connectivity index (χ0) is 12.3.